The van der Waals surface area contributed by atoms with Crippen LogP contribution in [0.5, 0.6) is 0 Å². The van der Waals surface area contributed by atoms with Gasteiger partial charge in [-0.15, -0.1) is 0 Å². The average molecular weight is 1420 g/mol. The summed E-state index contributed by atoms with van der Waals surface area (Å²) in [5, 5.41) is 19.8. The van der Waals surface area contributed by atoms with Gasteiger partial charge in [-0.2, -0.15) is 0 Å². The Bertz CT molecular complexity index is 6460. The first-order valence-electron chi connectivity index (χ1n) is 36.2. The normalized spacial score (nSPS) is 11.9. The quantitative estimate of drug-likeness (QED) is 0.151. The summed E-state index contributed by atoms with van der Waals surface area (Å²) in [4.78, 5) is 0. The van der Waals surface area contributed by atoms with Gasteiger partial charge in [0, 0.05) is 87.1 Å². The number of benzene rings is 18. The van der Waals surface area contributed by atoms with Crippen LogP contribution in [0.15, 0.2) is 381 Å². The second kappa shape index (κ2) is 24.6. The highest BCUT2D eigenvalue weighted by atomic mass is 79.9. The molecule has 0 saturated carbocycles. The lowest BCUT2D eigenvalue weighted by molar-refractivity contribution is 1.18. The van der Waals surface area contributed by atoms with Crippen LogP contribution in [-0.4, -0.2) is 18.3 Å². The highest BCUT2D eigenvalue weighted by Crippen LogP contribution is 2.51. The summed E-state index contributed by atoms with van der Waals surface area (Å²) in [5.74, 6) is 0. The molecule has 0 aliphatic heterocycles. The number of aromatic nitrogens is 4. The molecule has 0 amide bonds. The van der Waals surface area contributed by atoms with E-state index in [9.17, 15) is 0 Å². The van der Waals surface area contributed by atoms with E-state index in [1.807, 2.05) is 0 Å². The van der Waals surface area contributed by atoms with Crippen LogP contribution in [0.2, 0.25) is 0 Å². The van der Waals surface area contributed by atoms with Gasteiger partial charge in [0.2, 0.25) is 0 Å². The molecule has 0 spiro atoms. The molecule has 0 saturated heterocycles. The SMILES string of the molecule is Brc1c(-c2cc3c(c4ccccc24)c2ccccc2n3-c2ccccc2)cccc1-c1cc2c(c3ccccc13)c1ccccc1n2-c1ccccc1.Nc1c(-c2cc3c(c4ccccc24)c2ccccc2n3-c2ccccc2)cccc1-c1cc2c(c3ccccc13)c1ccccc1n2-c1ccccc1. The predicted octanol–water partition coefficient (Wildman–Crippen LogP) is 27.4. The van der Waals surface area contributed by atoms with Crippen LogP contribution in [0.4, 0.5) is 5.69 Å². The Kier molecular flexibility index (Phi) is 14.2. The van der Waals surface area contributed by atoms with E-state index in [0.717, 1.165) is 66.2 Å². The van der Waals surface area contributed by atoms with Crippen LogP contribution in [0.25, 0.3) is 198 Å². The van der Waals surface area contributed by atoms with Crippen LogP contribution >= 0.6 is 15.9 Å². The molecule has 0 unspecified atom stereocenters. The number of rotatable bonds is 8. The molecule has 0 aliphatic carbocycles. The number of hydrogen-bond donors (Lipinski definition) is 1. The molecule has 4 heterocycles. The summed E-state index contributed by atoms with van der Waals surface area (Å²) < 4.78 is 10.7. The van der Waals surface area contributed by atoms with Crippen LogP contribution in [0, 0.1) is 0 Å². The highest BCUT2D eigenvalue weighted by molar-refractivity contribution is 9.10. The van der Waals surface area contributed by atoms with E-state index in [1.54, 1.807) is 0 Å². The second-order valence-electron chi connectivity index (χ2n) is 27.6. The number of nitrogens with two attached hydrogens (primary N) is 1. The Morgan fingerprint density at radius 1 is 0.170 bits per heavy atom. The molecule has 0 atom stereocenters. The van der Waals surface area contributed by atoms with Crippen molar-refractivity contribution in [1.82, 2.24) is 18.3 Å². The second-order valence-corrected chi connectivity index (χ2v) is 28.4. The zero-order chi connectivity index (χ0) is 70.1. The van der Waals surface area contributed by atoms with Crippen LogP contribution in [0.3, 0.4) is 0 Å². The number of para-hydroxylation sites is 9. The fraction of sp³-hybridized carbons (Fsp3) is 0. The Balaban J connectivity index is 0.000000136. The van der Waals surface area contributed by atoms with Crippen molar-refractivity contribution in [3.63, 3.8) is 0 Å². The smallest absolute Gasteiger partial charge is 0.0553 e. The van der Waals surface area contributed by atoms with Crippen molar-refractivity contribution < 1.29 is 0 Å². The summed E-state index contributed by atoms with van der Waals surface area (Å²) in [6.45, 7) is 0. The van der Waals surface area contributed by atoms with Gasteiger partial charge in [0.1, 0.15) is 0 Å². The van der Waals surface area contributed by atoms with Gasteiger partial charge in [-0.25, -0.2) is 0 Å². The zero-order valence-corrected chi connectivity index (χ0v) is 59.1. The molecule has 2 N–H and O–H groups in total. The van der Waals surface area contributed by atoms with Crippen LogP contribution in [-0.2, 0) is 0 Å². The number of nitrogens with zero attached hydrogens (tertiary/aromatic N) is 4. The lowest BCUT2D eigenvalue weighted by Gasteiger charge is -2.17. The first kappa shape index (κ1) is 61.2. The average Bonchev–Trinajstić information content (AvgIpc) is 1.55. The molecule has 22 rings (SSSR count). The zero-order valence-electron chi connectivity index (χ0n) is 57.5. The van der Waals surface area contributed by atoms with Crippen molar-refractivity contribution >= 4 is 152 Å². The maximum Gasteiger partial charge on any atom is 0.0553 e. The molecule has 106 heavy (non-hydrogen) atoms. The van der Waals surface area contributed by atoms with E-state index >= 15 is 0 Å². The van der Waals surface area contributed by atoms with E-state index < -0.39 is 0 Å². The predicted molar refractivity (Wildman–Crippen MR) is 454 cm³/mol. The first-order chi connectivity index (χ1) is 52.5. The van der Waals surface area contributed by atoms with Gasteiger partial charge in [0.15, 0.2) is 0 Å². The van der Waals surface area contributed by atoms with Crippen molar-refractivity contribution in [2.45, 2.75) is 0 Å². The summed E-state index contributed by atoms with van der Waals surface area (Å²) in [5.41, 5.74) is 31.3. The Labute approximate surface area is 619 Å². The van der Waals surface area contributed by atoms with Crippen molar-refractivity contribution in [3.05, 3.63) is 381 Å². The van der Waals surface area contributed by atoms with Crippen molar-refractivity contribution in [2.75, 3.05) is 5.73 Å². The lowest BCUT2D eigenvalue weighted by Crippen LogP contribution is -1.98. The molecule has 5 nitrogen and oxygen atoms in total. The molecule has 496 valence electrons. The van der Waals surface area contributed by atoms with E-state index in [-0.39, 0.29) is 0 Å². The fourth-order valence-corrected chi connectivity index (χ4v) is 18.3. The monoisotopic (exact) mass is 1410 g/mol. The largest absolute Gasteiger partial charge is 0.398 e. The summed E-state index contributed by atoms with van der Waals surface area (Å²) >= 11 is 4.24. The van der Waals surface area contributed by atoms with Crippen molar-refractivity contribution in [1.29, 1.82) is 0 Å². The molecular weight excluding hydrogens is 1350 g/mol. The molecule has 0 radical (unpaired) electrons. The van der Waals surface area contributed by atoms with Gasteiger partial charge in [-0.3, -0.25) is 0 Å². The van der Waals surface area contributed by atoms with Gasteiger partial charge in [0.05, 0.1) is 44.1 Å². The molecule has 0 fully saturated rings. The number of hydrogen-bond acceptors (Lipinski definition) is 1. The highest BCUT2D eigenvalue weighted by Gasteiger charge is 2.26. The summed E-state index contributed by atoms with van der Waals surface area (Å²) in [6, 6.07) is 136. The number of halogens is 1. The minimum atomic E-state index is 0.770. The van der Waals surface area contributed by atoms with Gasteiger partial charge < -0.3 is 24.0 Å². The van der Waals surface area contributed by atoms with E-state index in [0.29, 0.717) is 0 Å². The van der Waals surface area contributed by atoms with E-state index in [1.165, 1.54) is 142 Å². The molecular formula is C100H64BrN5. The molecule has 4 aromatic heterocycles. The van der Waals surface area contributed by atoms with Crippen LogP contribution < -0.4 is 5.73 Å². The van der Waals surface area contributed by atoms with Crippen molar-refractivity contribution in [2.24, 2.45) is 0 Å². The third-order valence-corrected chi connectivity index (χ3v) is 22.9. The minimum absolute atomic E-state index is 0.770. The molecule has 18 aromatic carbocycles. The van der Waals surface area contributed by atoms with Gasteiger partial charge in [-0.05, 0) is 189 Å². The Morgan fingerprint density at radius 2 is 0.368 bits per heavy atom. The minimum Gasteiger partial charge on any atom is -0.398 e. The van der Waals surface area contributed by atoms with E-state index in [4.69, 9.17) is 5.73 Å². The number of fused-ring (bicyclic) bond motifs is 20. The number of nitrogen functional groups attached to an aromatic ring is 1. The maximum absolute atomic E-state index is 7.45. The maximum atomic E-state index is 7.45. The molecule has 0 bridgehead atoms. The fourth-order valence-electron chi connectivity index (χ4n) is 17.6. The standard InChI is InChI=1S/C50H31BrN2.C50H33N3/c2*51-50-38(42-30-46-48(36-22-9-7-20-34(36)42)40-24-11-13-28-44(40)52(46)32-16-3-1-4-17-32)26-15-27-39(50)43-31-47-49(37-23-10-8-21-35(37)43)41-25-12-14-29-45(41)53(47)33-18-5-2-6-19-33/h1-31H;1-31H,51H2. The molecule has 0 aliphatic rings. The summed E-state index contributed by atoms with van der Waals surface area (Å²) in [7, 11) is 0. The molecule has 6 heteroatoms. The summed E-state index contributed by atoms with van der Waals surface area (Å²) in [6.07, 6.45) is 0. The topological polar surface area (TPSA) is 45.7 Å². The Morgan fingerprint density at radius 3 is 0.623 bits per heavy atom. The Hall–Kier alpha value is -13.5. The van der Waals surface area contributed by atoms with Gasteiger partial charge >= 0.3 is 0 Å². The first-order valence-corrected chi connectivity index (χ1v) is 37.0. The molecule has 22 aromatic rings. The van der Waals surface area contributed by atoms with E-state index in [2.05, 4.69) is 410 Å². The van der Waals surface area contributed by atoms with Gasteiger partial charge in [0.25, 0.3) is 0 Å². The third-order valence-electron chi connectivity index (χ3n) is 22.0. The van der Waals surface area contributed by atoms with Gasteiger partial charge in [-0.1, -0.05) is 279 Å². The third kappa shape index (κ3) is 9.34. The lowest BCUT2D eigenvalue weighted by atomic mass is 9.89. The van der Waals surface area contributed by atoms with Crippen LogP contribution in [0.1, 0.15) is 0 Å². The van der Waals surface area contributed by atoms with Crippen molar-refractivity contribution in [3.8, 4) is 67.3 Å². The number of anilines is 1.